The van der Waals surface area contributed by atoms with E-state index in [1.807, 2.05) is 57.2 Å². The van der Waals surface area contributed by atoms with Crippen LogP contribution in [-0.2, 0) is 4.79 Å². The zero-order valence-electron chi connectivity index (χ0n) is 16.9. The zero-order valence-corrected chi connectivity index (χ0v) is 18.6. The molecule has 0 bridgehead atoms. The van der Waals surface area contributed by atoms with Crippen molar-refractivity contribution in [3.8, 4) is 0 Å². The van der Waals surface area contributed by atoms with Crippen LogP contribution in [0.3, 0.4) is 0 Å². The molecule has 3 rings (SSSR count). The van der Waals surface area contributed by atoms with E-state index in [2.05, 4.69) is 5.32 Å². The van der Waals surface area contributed by atoms with Gasteiger partial charge in [0.2, 0.25) is 0 Å². The predicted octanol–water partition coefficient (Wildman–Crippen LogP) is 4.10. The Balaban J connectivity index is 0.000000360. The molecule has 2 amide bonds. The summed E-state index contributed by atoms with van der Waals surface area (Å²) >= 11 is 6.80. The van der Waals surface area contributed by atoms with Gasteiger partial charge in [-0.15, -0.1) is 0 Å². The van der Waals surface area contributed by atoms with Crippen molar-refractivity contribution in [1.29, 1.82) is 0 Å². The van der Waals surface area contributed by atoms with Crippen LogP contribution in [0.1, 0.15) is 37.6 Å². The lowest BCUT2D eigenvalue weighted by atomic mass is 10.0. The number of thioether (sulfide) groups is 1. The largest absolute Gasteiger partial charge is 0.399 e. The Labute approximate surface area is 182 Å². The Hall–Kier alpha value is -2.38. The zero-order chi connectivity index (χ0) is 21.4. The molecule has 5 nitrogen and oxygen atoms in total. The molecule has 1 aliphatic heterocycles. The predicted molar refractivity (Wildman–Crippen MR) is 125 cm³/mol. The Kier molecular flexibility index (Phi) is 8.22. The highest BCUT2D eigenvalue weighted by molar-refractivity contribution is 8.24. The molecule has 1 saturated heterocycles. The fourth-order valence-electron chi connectivity index (χ4n) is 2.80. The van der Waals surface area contributed by atoms with E-state index in [1.54, 1.807) is 29.2 Å². The van der Waals surface area contributed by atoms with E-state index in [-0.39, 0.29) is 11.8 Å². The van der Waals surface area contributed by atoms with Crippen LogP contribution in [0.15, 0.2) is 60.7 Å². The van der Waals surface area contributed by atoms with E-state index >= 15 is 0 Å². The van der Waals surface area contributed by atoms with Crippen molar-refractivity contribution in [2.24, 2.45) is 0 Å². The molecule has 0 spiro atoms. The number of carbonyl (C=O) groups excluding carboxylic acids is 2. The highest BCUT2D eigenvalue weighted by atomic mass is 32.2. The maximum Gasteiger partial charge on any atom is 0.252 e. The molecule has 2 aromatic carbocycles. The number of hydrogen-bond acceptors (Lipinski definition) is 5. The molecule has 1 atom stereocenters. The lowest BCUT2D eigenvalue weighted by molar-refractivity contribution is -0.130. The van der Waals surface area contributed by atoms with Gasteiger partial charge >= 0.3 is 0 Å². The molecule has 1 unspecified atom stereocenters. The van der Waals surface area contributed by atoms with Crippen molar-refractivity contribution >= 4 is 45.8 Å². The monoisotopic (exact) mass is 429 g/mol. The van der Waals surface area contributed by atoms with E-state index in [9.17, 15) is 9.59 Å². The van der Waals surface area contributed by atoms with Gasteiger partial charge in [0.05, 0.1) is 0 Å². The number of benzene rings is 2. The summed E-state index contributed by atoms with van der Waals surface area (Å²) in [7, 11) is 0. The van der Waals surface area contributed by atoms with Crippen molar-refractivity contribution in [3.63, 3.8) is 0 Å². The Bertz CT molecular complexity index is 842. The van der Waals surface area contributed by atoms with Crippen molar-refractivity contribution < 1.29 is 9.59 Å². The summed E-state index contributed by atoms with van der Waals surface area (Å²) in [6, 6.07) is 17.8. The number of nitrogens with two attached hydrogens (primary N) is 1. The number of rotatable bonds is 4. The standard InChI is InChI=1S/C16H20N2O2S2.C6H7N/c1-4-10-18-14(20)12(16(2,3)22-15(18)21)17-13(19)11-8-6-5-7-9-11;7-6-4-2-1-3-5-6/h5-9,12H,4,10H2,1-3H3,(H,17,19);1-5H,7H2. The van der Waals surface area contributed by atoms with Gasteiger partial charge in [0, 0.05) is 22.5 Å². The number of amides is 2. The molecule has 2 aromatic rings. The average molecular weight is 430 g/mol. The Morgan fingerprint density at radius 2 is 1.69 bits per heavy atom. The van der Waals surface area contributed by atoms with Crippen LogP contribution >= 0.6 is 24.0 Å². The summed E-state index contributed by atoms with van der Waals surface area (Å²) in [5, 5.41) is 2.87. The number of thiocarbonyl (C=S) groups is 1. The summed E-state index contributed by atoms with van der Waals surface area (Å²) in [6.45, 7) is 6.44. The maximum atomic E-state index is 12.7. The molecule has 0 aromatic heterocycles. The first kappa shape index (κ1) is 22.9. The van der Waals surface area contributed by atoms with E-state index in [0.717, 1.165) is 12.1 Å². The Morgan fingerprint density at radius 3 is 2.17 bits per heavy atom. The van der Waals surface area contributed by atoms with E-state index in [4.69, 9.17) is 18.0 Å². The van der Waals surface area contributed by atoms with Gasteiger partial charge in [0.25, 0.3) is 11.8 Å². The van der Waals surface area contributed by atoms with Crippen LogP contribution in [0.4, 0.5) is 5.69 Å². The molecule has 1 fully saturated rings. The van der Waals surface area contributed by atoms with Crippen molar-refractivity contribution in [2.45, 2.75) is 38.0 Å². The second-order valence-corrected chi connectivity index (χ2v) is 9.43. The molecule has 7 heteroatoms. The second kappa shape index (κ2) is 10.4. The van der Waals surface area contributed by atoms with Crippen LogP contribution in [0.5, 0.6) is 0 Å². The second-order valence-electron chi connectivity index (χ2n) is 7.14. The molecule has 154 valence electrons. The minimum atomic E-state index is -0.594. The average Bonchev–Trinajstić information content (AvgIpc) is 2.70. The van der Waals surface area contributed by atoms with E-state index in [1.165, 1.54) is 11.8 Å². The lowest BCUT2D eigenvalue weighted by Gasteiger charge is -2.42. The number of nitrogen functional groups attached to an aromatic ring is 1. The maximum absolute atomic E-state index is 12.7. The van der Waals surface area contributed by atoms with Crippen LogP contribution < -0.4 is 11.1 Å². The third-order valence-electron chi connectivity index (χ3n) is 4.34. The summed E-state index contributed by atoms with van der Waals surface area (Å²) in [4.78, 5) is 26.7. The lowest BCUT2D eigenvalue weighted by Crippen LogP contribution is -2.62. The summed E-state index contributed by atoms with van der Waals surface area (Å²) in [5.41, 5.74) is 6.73. The number of nitrogens with one attached hydrogen (secondary N) is 1. The summed E-state index contributed by atoms with van der Waals surface area (Å²) in [6.07, 6.45) is 0.826. The van der Waals surface area contributed by atoms with Crippen molar-refractivity contribution in [2.75, 3.05) is 12.3 Å². The molecular weight excluding hydrogens is 402 g/mol. The van der Waals surface area contributed by atoms with Gasteiger partial charge in [-0.2, -0.15) is 0 Å². The molecule has 29 heavy (non-hydrogen) atoms. The topological polar surface area (TPSA) is 75.4 Å². The highest BCUT2D eigenvalue weighted by Crippen LogP contribution is 2.36. The summed E-state index contributed by atoms with van der Waals surface area (Å²) in [5.74, 6) is -0.364. The van der Waals surface area contributed by atoms with Crippen molar-refractivity contribution in [3.05, 3.63) is 66.2 Å². The highest BCUT2D eigenvalue weighted by Gasteiger charge is 2.46. The van der Waals surface area contributed by atoms with Gasteiger partial charge in [0.1, 0.15) is 10.4 Å². The number of carbonyl (C=O) groups is 2. The van der Waals surface area contributed by atoms with Crippen LogP contribution in [0, 0.1) is 0 Å². The molecule has 0 radical (unpaired) electrons. The number of anilines is 1. The first-order valence-corrected chi connectivity index (χ1v) is 10.7. The summed E-state index contributed by atoms with van der Waals surface area (Å²) < 4.78 is 0.116. The number of nitrogens with zero attached hydrogens (tertiary/aromatic N) is 1. The fraction of sp³-hybridized carbons (Fsp3) is 0.318. The van der Waals surface area contributed by atoms with Gasteiger partial charge in [-0.25, -0.2) is 0 Å². The first-order chi connectivity index (χ1) is 13.8. The number of hydrogen-bond donors (Lipinski definition) is 2. The SMILES string of the molecule is CCCN1C(=O)C(NC(=O)c2ccccc2)C(C)(C)SC1=S.Nc1ccccc1. The fourth-order valence-corrected chi connectivity index (χ4v) is 4.64. The first-order valence-electron chi connectivity index (χ1n) is 9.47. The molecule has 1 heterocycles. The van der Waals surface area contributed by atoms with Crippen LogP contribution in [-0.4, -0.2) is 38.4 Å². The minimum absolute atomic E-state index is 0.125. The molecule has 0 saturated carbocycles. The smallest absolute Gasteiger partial charge is 0.252 e. The van der Waals surface area contributed by atoms with Crippen LogP contribution in [0.25, 0.3) is 0 Å². The quantitative estimate of drug-likeness (QED) is 0.565. The Morgan fingerprint density at radius 1 is 1.14 bits per heavy atom. The van der Waals surface area contributed by atoms with Crippen molar-refractivity contribution in [1.82, 2.24) is 10.2 Å². The van der Waals surface area contributed by atoms with E-state index < -0.39 is 10.8 Å². The molecule has 0 aliphatic carbocycles. The third-order valence-corrected chi connectivity index (χ3v) is 5.96. The van der Waals surface area contributed by atoms with Crippen LogP contribution in [0.2, 0.25) is 0 Å². The molecule has 3 N–H and O–H groups in total. The van der Waals surface area contributed by atoms with Gasteiger partial charge < -0.3 is 11.1 Å². The third kappa shape index (κ3) is 6.30. The molecule has 1 aliphatic rings. The minimum Gasteiger partial charge on any atom is -0.399 e. The molecular formula is C22H27N3O2S2. The van der Waals surface area contributed by atoms with E-state index in [0.29, 0.717) is 16.4 Å². The van der Waals surface area contributed by atoms with Gasteiger partial charge in [-0.3, -0.25) is 14.5 Å². The number of para-hydroxylation sites is 1. The van der Waals surface area contributed by atoms with Gasteiger partial charge in [-0.1, -0.05) is 67.3 Å². The van der Waals surface area contributed by atoms with Gasteiger partial charge in [0.15, 0.2) is 0 Å². The normalized spacial score (nSPS) is 17.9. The van der Waals surface area contributed by atoms with Gasteiger partial charge in [-0.05, 0) is 44.5 Å².